The van der Waals surface area contributed by atoms with Crippen LogP contribution >= 0.6 is 0 Å². The smallest absolute Gasteiger partial charge is 0.115 e. The standard InChI is InChI=1S/C25H34O2/c1-2-3-4-5-6-7-20-16-18-25(19-17-20,21-8-12-23(26)13-9-21)22-10-14-24(27)15-11-22/h8-15,20,26-27H,2-7,16-19H2,1H3. The van der Waals surface area contributed by atoms with Crippen LogP contribution in [0.2, 0.25) is 0 Å². The molecule has 2 heteroatoms. The highest BCUT2D eigenvalue weighted by molar-refractivity contribution is 5.43. The molecule has 1 aliphatic rings. The second-order valence-electron chi connectivity index (χ2n) is 8.32. The lowest BCUT2D eigenvalue weighted by Gasteiger charge is -2.41. The van der Waals surface area contributed by atoms with E-state index in [4.69, 9.17) is 0 Å². The van der Waals surface area contributed by atoms with E-state index in [1.54, 1.807) is 24.3 Å². The van der Waals surface area contributed by atoms with Crippen LogP contribution in [0.4, 0.5) is 0 Å². The first-order chi connectivity index (χ1) is 13.1. The molecule has 0 aliphatic heterocycles. The lowest BCUT2D eigenvalue weighted by molar-refractivity contribution is 0.250. The SMILES string of the molecule is CCCCCCCC1CCC(c2ccc(O)cc2)(c2ccc(O)cc2)CC1. The lowest BCUT2D eigenvalue weighted by atomic mass is 9.62. The van der Waals surface area contributed by atoms with E-state index in [-0.39, 0.29) is 5.41 Å². The highest BCUT2D eigenvalue weighted by Crippen LogP contribution is 2.48. The molecule has 27 heavy (non-hydrogen) atoms. The topological polar surface area (TPSA) is 40.5 Å². The molecule has 0 aromatic heterocycles. The monoisotopic (exact) mass is 366 g/mol. The van der Waals surface area contributed by atoms with Crippen molar-refractivity contribution in [1.29, 1.82) is 0 Å². The van der Waals surface area contributed by atoms with Crippen molar-refractivity contribution < 1.29 is 10.2 Å². The Morgan fingerprint density at radius 3 is 1.70 bits per heavy atom. The molecule has 0 unspecified atom stereocenters. The van der Waals surface area contributed by atoms with Crippen molar-refractivity contribution >= 4 is 0 Å². The van der Waals surface area contributed by atoms with Gasteiger partial charge in [-0.2, -0.15) is 0 Å². The fourth-order valence-electron chi connectivity index (χ4n) is 4.80. The van der Waals surface area contributed by atoms with Gasteiger partial charge in [0.1, 0.15) is 11.5 Å². The summed E-state index contributed by atoms with van der Waals surface area (Å²) in [5.41, 5.74) is 2.57. The summed E-state index contributed by atoms with van der Waals surface area (Å²) in [6, 6.07) is 15.5. The zero-order valence-electron chi connectivity index (χ0n) is 16.7. The number of benzene rings is 2. The molecule has 2 aromatic rings. The van der Waals surface area contributed by atoms with Gasteiger partial charge in [-0.1, -0.05) is 69.7 Å². The van der Waals surface area contributed by atoms with Crippen molar-refractivity contribution in [2.75, 3.05) is 0 Å². The minimum absolute atomic E-state index is 0.000110. The van der Waals surface area contributed by atoms with Gasteiger partial charge in [0.25, 0.3) is 0 Å². The summed E-state index contributed by atoms with van der Waals surface area (Å²) in [7, 11) is 0. The molecular formula is C25H34O2. The molecule has 2 aromatic carbocycles. The van der Waals surface area contributed by atoms with Crippen LogP contribution in [0.15, 0.2) is 48.5 Å². The Balaban J connectivity index is 1.71. The zero-order valence-corrected chi connectivity index (χ0v) is 16.7. The first-order valence-corrected chi connectivity index (χ1v) is 10.7. The molecule has 0 spiro atoms. The molecule has 0 heterocycles. The van der Waals surface area contributed by atoms with Crippen molar-refractivity contribution in [3.63, 3.8) is 0 Å². The fourth-order valence-corrected chi connectivity index (χ4v) is 4.80. The van der Waals surface area contributed by atoms with Gasteiger partial charge in [0, 0.05) is 5.41 Å². The van der Waals surface area contributed by atoms with Gasteiger partial charge in [0.15, 0.2) is 0 Å². The average Bonchev–Trinajstić information content (AvgIpc) is 2.70. The van der Waals surface area contributed by atoms with Gasteiger partial charge >= 0.3 is 0 Å². The Labute approximate surface area is 164 Å². The summed E-state index contributed by atoms with van der Waals surface area (Å²) in [4.78, 5) is 0. The maximum absolute atomic E-state index is 9.71. The van der Waals surface area contributed by atoms with E-state index in [9.17, 15) is 10.2 Å². The number of unbranched alkanes of at least 4 members (excludes halogenated alkanes) is 4. The molecule has 3 rings (SSSR count). The molecule has 0 atom stereocenters. The highest BCUT2D eigenvalue weighted by atomic mass is 16.3. The van der Waals surface area contributed by atoms with Crippen LogP contribution in [0.3, 0.4) is 0 Å². The summed E-state index contributed by atoms with van der Waals surface area (Å²) in [6.45, 7) is 2.27. The largest absolute Gasteiger partial charge is 0.508 e. The summed E-state index contributed by atoms with van der Waals surface area (Å²) >= 11 is 0. The molecule has 0 bridgehead atoms. The Bertz CT molecular complexity index is 632. The molecule has 1 saturated carbocycles. The van der Waals surface area contributed by atoms with E-state index in [0.29, 0.717) is 11.5 Å². The highest BCUT2D eigenvalue weighted by Gasteiger charge is 2.38. The Hall–Kier alpha value is -1.96. The van der Waals surface area contributed by atoms with Crippen LogP contribution in [0.5, 0.6) is 11.5 Å². The van der Waals surface area contributed by atoms with Gasteiger partial charge in [-0.3, -0.25) is 0 Å². The maximum Gasteiger partial charge on any atom is 0.115 e. The average molecular weight is 367 g/mol. The second kappa shape index (κ2) is 9.30. The van der Waals surface area contributed by atoms with Crippen LogP contribution in [0, 0.1) is 5.92 Å². The molecule has 0 radical (unpaired) electrons. The number of phenols is 2. The minimum Gasteiger partial charge on any atom is -0.508 e. The summed E-state index contributed by atoms with van der Waals surface area (Å²) < 4.78 is 0. The molecule has 0 saturated heterocycles. The third kappa shape index (κ3) is 4.86. The van der Waals surface area contributed by atoms with Gasteiger partial charge in [-0.15, -0.1) is 0 Å². The first-order valence-electron chi connectivity index (χ1n) is 10.7. The van der Waals surface area contributed by atoms with Crippen LogP contribution in [-0.2, 0) is 5.41 Å². The first kappa shape index (κ1) is 19.8. The van der Waals surface area contributed by atoms with E-state index < -0.39 is 0 Å². The summed E-state index contributed by atoms with van der Waals surface area (Å²) in [5, 5.41) is 19.4. The fraction of sp³-hybridized carbons (Fsp3) is 0.520. The molecule has 0 amide bonds. The second-order valence-corrected chi connectivity index (χ2v) is 8.32. The van der Waals surface area contributed by atoms with E-state index in [2.05, 4.69) is 31.2 Å². The molecule has 2 N–H and O–H groups in total. The zero-order chi connectivity index (χ0) is 19.1. The molecule has 1 aliphatic carbocycles. The number of aromatic hydroxyl groups is 2. The van der Waals surface area contributed by atoms with Gasteiger partial charge in [0.2, 0.25) is 0 Å². The molecule has 146 valence electrons. The number of rotatable bonds is 8. The van der Waals surface area contributed by atoms with Crippen LogP contribution < -0.4 is 0 Å². The summed E-state index contributed by atoms with van der Waals surface area (Å²) in [6.07, 6.45) is 13.0. The quantitative estimate of drug-likeness (QED) is 0.497. The van der Waals surface area contributed by atoms with Gasteiger partial charge in [0.05, 0.1) is 0 Å². The summed E-state index contributed by atoms with van der Waals surface area (Å²) in [5.74, 6) is 1.48. The predicted octanol–water partition coefficient (Wildman–Crippen LogP) is 6.93. The van der Waals surface area contributed by atoms with Crippen LogP contribution in [0.25, 0.3) is 0 Å². The third-order valence-electron chi connectivity index (χ3n) is 6.51. The van der Waals surface area contributed by atoms with Crippen molar-refractivity contribution in [2.45, 2.75) is 76.5 Å². The van der Waals surface area contributed by atoms with E-state index in [1.165, 1.54) is 62.5 Å². The number of hydrogen-bond donors (Lipinski definition) is 2. The van der Waals surface area contributed by atoms with Crippen molar-refractivity contribution in [2.24, 2.45) is 5.92 Å². The predicted molar refractivity (Wildman–Crippen MR) is 112 cm³/mol. The van der Waals surface area contributed by atoms with Crippen LogP contribution in [-0.4, -0.2) is 10.2 Å². The van der Waals surface area contributed by atoms with Gasteiger partial charge in [-0.05, 0) is 67.0 Å². The Kier molecular flexibility index (Phi) is 6.82. The van der Waals surface area contributed by atoms with Crippen molar-refractivity contribution in [1.82, 2.24) is 0 Å². The van der Waals surface area contributed by atoms with E-state index in [0.717, 1.165) is 18.8 Å². The third-order valence-corrected chi connectivity index (χ3v) is 6.51. The number of phenolic OH excluding ortho intramolecular Hbond substituents is 2. The Morgan fingerprint density at radius 1 is 0.741 bits per heavy atom. The lowest BCUT2D eigenvalue weighted by Crippen LogP contribution is -2.33. The number of hydrogen-bond acceptors (Lipinski definition) is 2. The molecule has 1 fully saturated rings. The van der Waals surface area contributed by atoms with E-state index in [1.807, 2.05) is 0 Å². The normalized spacial score (nSPS) is 17.1. The Morgan fingerprint density at radius 2 is 1.22 bits per heavy atom. The van der Waals surface area contributed by atoms with E-state index >= 15 is 0 Å². The molecule has 2 nitrogen and oxygen atoms in total. The van der Waals surface area contributed by atoms with Crippen molar-refractivity contribution in [3.8, 4) is 11.5 Å². The van der Waals surface area contributed by atoms with Gasteiger partial charge < -0.3 is 10.2 Å². The van der Waals surface area contributed by atoms with Crippen LogP contribution in [0.1, 0.15) is 82.3 Å². The van der Waals surface area contributed by atoms with Gasteiger partial charge in [-0.25, -0.2) is 0 Å². The minimum atomic E-state index is 0.000110. The van der Waals surface area contributed by atoms with Crippen molar-refractivity contribution in [3.05, 3.63) is 59.7 Å². The molecular weight excluding hydrogens is 332 g/mol. The maximum atomic E-state index is 9.71.